The Labute approximate surface area is 187 Å². The van der Waals surface area contributed by atoms with Gasteiger partial charge < -0.3 is 10.2 Å². The standard InChI is InChI=1S/C20H29N5O4S2/c1-15(2)22-31(28,29)16-6-7-17(18(13-16)25(26)27)21-14-19(20-5-4-12-30-20)24-10-8-23(3)9-11-24/h4-7,12-13,15,19,21-22H,8-11,14H2,1-3H3/t19-/m1/s1. The molecule has 0 amide bonds. The first-order chi connectivity index (χ1) is 14.7. The first kappa shape index (κ1) is 23.6. The summed E-state index contributed by atoms with van der Waals surface area (Å²) in [5, 5.41) is 16.9. The minimum Gasteiger partial charge on any atom is -0.378 e. The van der Waals surface area contributed by atoms with Crippen molar-refractivity contribution in [2.24, 2.45) is 0 Å². The van der Waals surface area contributed by atoms with Crippen molar-refractivity contribution >= 4 is 32.7 Å². The summed E-state index contributed by atoms with van der Waals surface area (Å²) in [6.45, 7) is 7.66. The number of likely N-dealkylation sites (N-methyl/N-ethyl adjacent to an activating group) is 1. The van der Waals surface area contributed by atoms with Gasteiger partial charge in [-0.25, -0.2) is 13.1 Å². The molecule has 1 atom stereocenters. The second-order valence-corrected chi connectivity index (χ2v) is 10.7. The molecule has 170 valence electrons. The molecular formula is C20H29N5O4S2. The van der Waals surface area contributed by atoms with Crippen LogP contribution in [-0.4, -0.2) is 69.0 Å². The Kier molecular flexibility index (Phi) is 7.65. The smallest absolute Gasteiger partial charge is 0.293 e. The predicted molar refractivity (Wildman–Crippen MR) is 123 cm³/mol. The molecule has 0 saturated carbocycles. The van der Waals surface area contributed by atoms with E-state index in [1.807, 2.05) is 11.4 Å². The van der Waals surface area contributed by atoms with Gasteiger partial charge in [-0.05, 0) is 44.5 Å². The fourth-order valence-corrected chi connectivity index (χ4v) is 5.72. The molecule has 0 unspecified atom stereocenters. The van der Waals surface area contributed by atoms with Crippen molar-refractivity contribution in [1.82, 2.24) is 14.5 Å². The molecule has 9 nitrogen and oxygen atoms in total. The number of hydrogen-bond acceptors (Lipinski definition) is 8. The van der Waals surface area contributed by atoms with Crippen LogP contribution in [0.15, 0.2) is 40.6 Å². The van der Waals surface area contributed by atoms with Gasteiger partial charge >= 0.3 is 0 Å². The van der Waals surface area contributed by atoms with E-state index >= 15 is 0 Å². The molecule has 1 aliphatic rings. The van der Waals surface area contributed by atoms with Gasteiger partial charge in [-0.3, -0.25) is 15.0 Å². The van der Waals surface area contributed by atoms with Crippen LogP contribution in [-0.2, 0) is 10.0 Å². The van der Waals surface area contributed by atoms with Gasteiger partial charge in [-0.2, -0.15) is 0 Å². The van der Waals surface area contributed by atoms with Gasteiger partial charge in [0.2, 0.25) is 10.0 Å². The summed E-state index contributed by atoms with van der Waals surface area (Å²) in [7, 11) is -1.71. The summed E-state index contributed by atoms with van der Waals surface area (Å²) in [4.78, 5) is 16.9. The Morgan fingerprint density at radius 3 is 2.48 bits per heavy atom. The molecule has 1 aromatic heterocycles. The minimum atomic E-state index is -3.81. The van der Waals surface area contributed by atoms with Crippen molar-refractivity contribution in [3.63, 3.8) is 0 Å². The van der Waals surface area contributed by atoms with E-state index < -0.39 is 14.9 Å². The van der Waals surface area contributed by atoms with Crippen molar-refractivity contribution in [1.29, 1.82) is 0 Å². The Morgan fingerprint density at radius 2 is 1.90 bits per heavy atom. The molecule has 1 saturated heterocycles. The van der Waals surface area contributed by atoms with Crippen molar-refractivity contribution < 1.29 is 13.3 Å². The second-order valence-electron chi connectivity index (χ2n) is 7.96. The van der Waals surface area contributed by atoms with Crippen molar-refractivity contribution in [3.8, 4) is 0 Å². The van der Waals surface area contributed by atoms with Crippen molar-refractivity contribution in [2.45, 2.75) is 30.8 Å². The molecule has 3 rings (SSSR count). The van der Waals surface area contributed by atoms with Crippen LogP contribution in [0.25, 0.3) is 0 Å². The van der Waals surface area contributed by atoms with Gasteiger partial charge in [0.1, 0.15) is 5.69 Å². The summed E-state index contributed by atoms with van der Waals surface area (Å²) in [5.74, 6) is 0. The van der Waals surface area contributed by atoms with E-state index in [4.69, 9.17) is 0 Å². The van der Waals surface area contributed by atoms with Crippen LogP contribution in [0.2, 0.25) is 0 Å². The molecule has 2 aromatic rings. The molecule has 11 heteroatoms. The molecule has 1 aromatic carbocycles. The van der Waals surface area contributed by atoms with Gasteiger partial charge in [-0.1, -0.05) is 6.07 Å². The van der Waals surface area contributed by atoms with Gasteiger partial charge in [0, 0.05) is 49.7 Å². The second kappa shape index (κ2) is 10.0. The molecule has 1 fully saturated rings. The van der Waals surface area contributed by atoms with Crippen LogP contribution < -0.4 is 10.0 Å². The van der Waals surface area contributed by atoms with Crippen LogP contribution in [0, 0.1) is 10.1 Å². The number of nitro benzene ring substituents is 1. The molecular weight excluding hydrogens is 438 g/mol. The average molecular weight is 468 g/mol. The summed E-state index contributed by atoms with van der Waals surface area (Å²) >= 11 is 1.67. The van der Waals surface area contributed by atoms with E-state index in [0.717, 1.165) is 32.2 Å². The third kappa shape index (κ3) is 6.01. The summed E-state index contributed by atoms with van der Waals surface area (Å²) < 4.78 is 27.3. The van der Waals surface area contributed by atoms with Gasteiger partial charge in [-0.15, -0.1) is 11.3 Å². The fraction of sp³-hybridized carbons (Fsp3) is 0.500. The maximum atomic E-state index is 12.4. The average Bonchev–Trinajstić information content (AvgIpc) is 3.23. The molecule has 2 heterocycles. The predicted octanol–water partition coefficient (Wildman–Crippen LogP) is 2.74. The third-order valence-electron chi connectivity index (χ3n) is 5.20. The largest absolute Gasteiger partial charge is 0.378 e. The van der Waals surface area contributed by atoms with Crippen LogP contribution >= 0.6 is 11.3 Å². The fourth-order valence-electron chi connectivity index (χ4n) is 3.59. The SMILES string of the molecule is CC(C)NS(=O)(=O)c1ccc(NC[C@H](c2cccs2)N2CCN(C)CC2)c([N+](=O)[O-])c1. The monoisotopic (exact) mass is 467 g/mol. The molecule has 0 spiro atoms. The third-order valence-corrected chi connectivity index (χ3v) is 7.83. The lowest BCUT2D eigenvalue weighted by molar-refractivity contribution is -0.384. The lowest BCUT2D eigenvalue weighted by Crippen LogP contribution is -2.47. The quantitative estimate of drug-likeness (QED) is 0.431. The van der Waals surface area contributed by atoms with Gasteiger partial charge in [0.15, 0.2) is 0 Å². The van der Waals surface area contributed by atoms with Crippen LogP contribution in [0.3, 0.4) is 0 Å². The minimum absolute atomic E-state index is 0.0827. The normalized spacial score (nSPS) is 17.0. The Hall–Kier alpha value is -2.05. The Morgan fingerprint density at radius 1 is 1.19 bits per heavy atom. The van der Waals surface area contributed by atoms with E-state index in [2.05, 4.69) is 33.0 Å². The van der Waals surface area contributed by atoms with Crippen LogP contribution in [0.4, 0.5) is 11.4 Å². The highest BCUT2D eigenvalue weighted by atomic mass is 32.2. The maximum absolute atomic E-state index is 12.4. The lowest BCUT2D eigenvalue weighted by Gasteiger charge is -2.37. The molecule has 2 N–H and O–H groups in total. The number of rotatable bonds is 9. The van der Waals surface area contributed by atoms with E-state index in [9.17, 15) is 18.5 Å². The number of benzene rings is 1. The highest BCUT2D eigenvalue weighted by Gasteiger charge is 2.26. The first-order valence-electron chi connectivity index (χ1n) is 10.2. The number of anilines is 1. The summed E-state index contributed by atoms with van der Waals surface area (Å²) in [6.07, 6.45) is 0. The Balaban J connectivity index is 1.82. The van der Waals surface area contributed by atoms with E-state index in [0.29, 0.717) is 12.2 Å². The van der Waals surface area contributed by atoms with Gasteiger partial charge in [0.25, 0.3) is 5.69 Å². The molecule has 31 heavy (non-hydrogen) atoms. The Bertz CT molecular complexity index is 987. The highest BCUT2D eigenvalue weighted by molar-refractivity contribution is 7.89. The number of piperazine rings is 1. The molecule has 1 aliphatic heterocycles. The zero-order valence-electron chi connectivity index (χ0n) is 17.9. The van der Waals surface area contributed by atoms with Crippen molar-refractivity contribution in [3.05, 3.63) is 50.7 Å². The first-order valence-corrected chi connectivity index (χ1v) is 12.5. The number of hydrogen-bond donors (Lipinski definition) is 2. The molecule has 0 bridgehead atoms. The van der Waals surface area contributed by atoms with E-state index in [-0.39, 0.29) is 22.7 Å². The highest BCUT2D eigenvalue weighted by Crippen LogP contribution is 2.31. The summed E-state index contributed by atoms with van der Waals surface area (Å²) in [6, 6.07) is 7.85. The zero-order chi connectivity index (χ0) is 22.6. The number of nitrogens with zero attached hydrogens (tertiary/aromatic N) is 3. The number of nitrogens with one attached hydrogen (secondary N) is 2. The molecule has 0 aliphatic carbocycles. The maximum Gasteiger partial charge on any atom is 0.293 e. The zero-order valence-corrected chi connectivity index (χ0v) is 19.6. The van der Waals surface area contributed by atoms with Crippen LogP contribution in [0.1, 0.15) is 24.8 Å². The van der Waals surface area contributed by atoms with Crippen molar-refractivity contribution in [2.75, 3.05) is 45.1 Å². The topological polar surface area (TPSA) is 108 Å². The number of thiophene rings is 1. The van der Waals surface area contributed by atoms with Gasteiger partial charge in [0.05, 0.1) is 15.9 Å². The summed E-state index contributed by atoms with van der Waals surface area (Å²) in [5.41, 5.74) is 0.0547. The molecule has 0 radical (unpaired) electrons. The number of sulfonamides is 1. The van der Waals surface area contributed by atoms with Crippen LogP contribution in [0.5, 0.6) is 0 Å². The lowest BCUT2D eigenvalue weighted by atomic mass is 10.1. The van der Waals surface area contributed by atoms with E-state index in [1.54, 1.807) is 25.2 Å². The van der Waals surface area contributed by atoms with E-state index in [1.165, 1.54) is 17.0 Å². The number of nitro groups is 1.